The van der Waals surface area contributed by atoms with Crippen LogP contribution in [0.2, 0.25) is 0 Å². The molecule has 2 rings (SSSR count). The standard InChI is InChI=1S/C16H21NS/c1-10-5-11(2)7-14(6-10)9-15(17)16-8-12(3)13(4)18-16/h5-8,15H,9,17H2,1-4H3. The van der Waals surface area contributed by atoms with Gasteiger partial charge in [0.05, 0.1) is 0 Å². The van der Waals surface area contributed by atoms with Gasteiger partial charge in [-0.2, -0.15) is 0 Å². The van der Waals surface area contributed by atoms with Gasteiger partial charge in [0.1, 0.15) is 0 Å². The van der Waals surface area contributed by atoms with Crippen LogP contribution in [0.3, 0.4) is 0 Å². The summed E-state index contributed by atoms with van der Waals surface area (Å²) in [7, 11) is 0. The van der Waals surface area contributed by atoms with E-state index in [1.54, 1.807) is 0 Å². The highest BCUT2D eigenvalue weighted by Crippen LogP contribution is 2.27. The number of rotatable bonds is 3. The number of hydrogen-bond donors (Lipinski definition) is 1. The van der Waals surface area contributed by atoms with E-state index in [-0.39, 0.29) is 6.04 Å². The third-order valence-corrected chi connectivity index (χ3v) is 4.57. The fourth-order valence-corrected chi connectivity index (χ4v) is 3.37. The Bertz CT molecular complexity index is 514. The lowest BCUT2D eigenvalue weighted by Crippen LogP contribution is -2.12. The Morgan fingerprint density at radius 3 is 2.11 bits per heavy atom. The molecule has 0 aliphatic rings. The van der Waals surface area contributed by atoms with E-state index < -0.39 is 0 Å². The van der Waals surface area contributed by atoms with E-state index in [0.717, 1.165) is 6.42 Å². The maximum atomic E-state index is 6.32. The first-order valence-electron chi connectivity index (χ1n) is 6.35. The highest BCUT2D eigenvalue weighted by Gasteiger charge is 2.11. The fourth-order valence-electron chi connectivity index (χ4n) is 2.33. The van der Waals surface area contributed by atoms with E-state index in [4.69, 9.17) is 5.73 Å². The molecule has 96 valence electrons. The first-order chi connectivity index (χ1) is 8.45. The quantitative estimate of drug-likeness (QED) is 0.877. The number of nitrogens with two attached hydrogens (primary N) is 1. The molecule has 0 saturated carbocycles. The average Bonchev–Trinajstić information content (AvgIpc) is 2.57. The zero-order valence-electron chi connectivity index (χ0n) is 11.6. The first kappa shape index (κ1) is 13.3. The van der Waals surface area contributed by atoms with Gasteiger partial charge in [0.25, 0.3) is 0 Å². The molecule has 1 unspecified atom stereocenters. The summed E-state index contributed by atoms with van der Waals surface area (Å²) in [6.45, 7) is 8.59. The summed E-state index contributed by atoms with van der Waals surface area (Å²) in [5.41, 5.74) is 11.6. The highest BCUT2D eigenvalue weighted by atomic mass is 32.1. The van der Waals surface area contributed by atoms with Crippen molar-refractivity contribution in [1.82, 2.24) is 0 Å². The largest absolute Gasteiger partial charge is 0.323 e. The van der Waals surface area contributed by atoms with E-state index in [9.17, 15) is 0 Å². The molecule has 1 aromatic carbocycles. The summed E-state index contributed by atoms with van der Waals surface area (Å²) >= 11 is 1.83. The van der Waals surface area contributed by atoms with Crippen molar-refractivity contribution in [3.05, 3.63) is 56.3 Å². The minimum atomic E-state index is 0.114. The summed E-state index contributed by atoms with van der Waals surface area (Å²) in [5, 5.41) is 0. The van der Waals surface area contributed by atoms with Crippen LogP contribution in [-0.2, 0) is 6.42 Å². The van der Waals surface area contributed by atoms with Gasteiger partial charge < -0.3 is 5.73 Å². The smallest absolute Gasteiger partial charge is 0.0430 e. The number of hydrogen-bond acceptors (Lipinski definition) is 2. The van der Waals surface area contributed by atoms with Crippen LogP contribution in [0.15, 0.2) is 24.3 Å². The van der Waals surface area contributed by atoms with E-state index in [1.165, 1.54) is 32.0 Å². The topological polar surface area (TPSA) is 26.0 Å². The molecular weight excluding hydrogens is 238 g/mol. The number of aryl methyl sites for hydroxylation is 4. The third kappa shape index (κ3) is 3.01. The molecule has 0 fully saturated rings. The highest BCUT2D eigenvalue weighted by molar-refractivity contribution is 7.12. The van der Waals surface area contributed by atoms with Gasteiger partial charge in [0, 0.05) is 15.8 Å². The molecule has 0 saturated heterocycles. The van der Waals surface area contributed by atoms with Crippen LogP contribution in [0, 0.1) is 27.7 Å². The second-order valence-electron chi connectivity index (χ2n) is 5.19. The van der Waals surface area contributed by atoms with Gasteiger partial charge in [-0.05, 0) is 51.3 Å². The van der Waals surface area contributed by atoms with Crippen molar-refractivity contribution in [2.24, 2.45) is 5.73 Å². The van der Waals surface area contributed by atoms with Crippen LogP contribution < -0.4 is 5.73 Å². The molecule has 2 aromatic rings. The van der Waals surface area contributed by atoms with Crippen LogP contribution in [0.4, 0.5) is 0 Å². The maximum absolute atomic E-state index is 6.32. The molecule has 2 heteroatoms. The van der Waals surface area contributed by atoms with Crippen LogP contribution in [0.1, 0.15) is 38.0 Å². The van der Waals surface area contributed by atoms with Gasteiger partial charge in [-0.1, -0.05) is 29.3 Å². The fraction of sp³-hybridized carbons (Fsp3) is 0.375. The molecule has 0 radical (unpaired) electrons. The van der Waals surface area contributed by atoms with Crippen molar-refractivity contribution in [1.29, 1.82) is 0 Å². The van der Waals surface area contributed by atoms with E-state index >= 15 is 0 Å². The number of thiophene rings is 1. The lowest BCUT2D eigenvalue weighted by Gasteiger charge is -2.11. The average molecular weight is 259 g/mol. The molecule has 0 aliphatic heterocycles. The normalized spacial score (nSPS) is 12.7. The lowest BCUT2D eigenvalue weighted by molar-refractivity contribution is 0.735. The molecule has 1 nitrogen and oxygen atoms in total. The summed E-state index contributed by atoms with van der Waals surface area (Å²) in [6.07, 6.45) is 0.919. The Labute approximate surface area is 114 Å². The second kappa shape index (κ2) is 5.25. The van der Waals surface area contributed by atoms with E-state index in [0.29, 0.717) is 0 Å². The molecule has 18 heavy (non-hydrogen) atoms. The minimum Gasteiger partial charge on any atom is -0.323 e. The van der Waals surface area contributed by atoms with Gasteiger partial charge in [-0.3, -0.25) is 0 Å². The maximum Gasteiger partial charge on any atom is 0.0430 e. The summed E-state index contributed by atoms with van der Waals surface area (Å²) in [4.78, 5) is 2.67. The Balaban J connectivity index is 2.18. The van der Waals surface area contributed by atoms with E-state index in [1.807, 2.05) is 11.3 Å². The molecule has 0 amide bonds. The molecule has 0 aliphatic carbocycles. The Kier molecular flexibility index (Phi) is 3.88. The molecule has 2 N–H and O–H groups in total. The van der Waals surface area contributed by atoms with Crippen LogP contribution in [0.5, 0.6) is 0 Å². The Morgan fingerprint density at radius 1 is 1.00 bits per heavy atom. The van der Waals surface area contributed by atoms with Gasteiger partial charge in [0.2, 0.25) is 0 Å². The SMILES string of the molecule is Cc1cc(C)cc(CC(N)c2cc(C)c(C)s2)c1. The zero-order valence-corrected chi connectivity index (χ0v) is 12.4. The Hall–Kier alpha value is -1.12. The summed E-state index contributed by atoms with van der Waals surface area (Å²) < 4.78 is 0. The first-order valence-corrected chi connectivity index (χ1v) is 7.17. The Morgan fingerprint density at radius 2 is 1.61 bits per heavy atom. The van der Waals surface area contributed by atoms with Crippen LogP contribution in [-0.4, -0.2) is 0 Å². The van der Waals surface area contributed by atoms with Gasteiger partial charge >= 0.3 is 0 Å². The molecule has 0 spiro atoms. The summed E-state index contributed by atoms with van der Waals surface area (Å²) in [5.74, 6) is 0. The van der Waals surface area contributed by atoms with E-state index in [2.05, 4.69) is 52.0 Å². The van der Waals surface area contributed by atoms with Crippen molar-refractivity contribution in [2.45, 2.75) is 40.2 Å². The van der Waals surface area contributed by atoms with Crippen molar-refractivity contribution in [3.63, 3.8) is 0 Å². The predicted octanol–water partition coefficient (Wildman–Crippen LogP) is 4.22. The summed E-state index contributed by atoms with van der Waals surface area (Å²) in [6, 6.07) is 9.02. The number of benzene rings is 1. The third-order valence-electron chi connectivity index (χ3n) is 3.29. The molecule has 1 heterocycles. The van der Waals surface area contributed by atoms with Gasteiger partial charge in [-0.15, -0.1) is 11.3 Å². The van der Waals surface area contributed by atoms with Crippen molar-refractivity contribution >= 4 is 11.3 Å². The predicted molar refractivity (Wildman–Crippen MR) is 80.3 cm³/mol. The van der Waals surface area contributed by atoms with Crippen LogP contribution >= 0.6 is 11.3 Å². The zero-order chi connectivity index (χ0) is 13.3. The van der Waals surface area contributed by atoms with Crippen LogP contribution in [0.25, 0.3) is 0 Å². The second-order valence-corrected chi connectivity index (χ2v) is 6.48. The van der Waals surface area contributed by atoms with Crippen molar-refractivity contribution in [2.75, 3.05) is 0 Å². The molecule has 1 aromatic heterocycles. The monoisotopic (exact) mass is 259 g/mol. The van der Waals surface area contributed by atoms with Gasteiger partial charge in [0.15, 0.2) is 0 Å². The minimum absolute atomic E-state index is 0.114. The van der Waals surface area contributed by atoms with Gasteiger partial charge in [-0.25, -0.2) is 0 Å². The molecule has 0 bridgehead atoms. The van der Waals surface area contributed by atoms with Crippen molar-refractivity contribution in [3.8, 4) is 0 Å². The molecular formula is C16H21NS. The molecule has 1 atom stereocenters. The van der Waals surface area contributed by atoms with Crippen molar-refractivity contribution < 1.29 is 0 Å². The lowest BCUT2D eigenvalue weighted by atomic mass is 10.0.